The molecule has 0 bridgehead atoms. The molecule has 1 heterocycles. The number of hydrogen-bond acceptors (Lipinski definition) is 3. The van der Waals surface area contributed by atoms with E-state index in [2.05, 4.69) is 9.72 Å². The van der Waals surface area contributed by atoms with Crippen LogP contribution < -0.4 is 0 Å². The largest absolute Gasteiger partial charge is 0.465 e. The molecule has 14 heavy (non-hydrogen) atoms. The fraction of sp³-hybridized carbons (Fsp3) is 0.250. The molecule has 0 saturated carbocycles. The zero-order valence-electron chi connectivity index (χ0n) is 7.13. The normalized spacial score (nSPS) is 10.4. The van der Waals surface area contributed by atoms with Gasteiger partial charge in [0.1, 0.15) is 5.69 Å². The molecule has 1 aromatic heterocycles. The van der Waals surface area contributed by atoms with Crippen molar-refractivity contribution in [3.63, 3.8) is 0 Å². The molecule has 1 rings (SSSR count). The average Bonchev–Trinajstić information content (AvgIpc) is 2.16. The molecule has 0 saturated heterocycles. The molecule has 0 atom stereocenters. The summed E-state index contributed by atoms with van der Waals surface area (Å²) in [6.07, 6.45) is -3.01. The summed E-state index contributed by atoms with van der Waals surface area (Å²) in [5.41, 5.74) is -1.33. The van der Waals surface area contributed by atoms with Crippen LogP contribution in [0.5, 0.6) is 0 Å². The Hall–Kier alpha value is -1.59. The first kappa shape index (κ1) is 10.5. The molecule has 0 spiro atoms. The number of nitrogens with zero attached hydrogens (tertiary/aromatic N) is 1. The molecule has 0 aliphatic rings. The van der Waals surface area contributed by atoms with Crippen molar-refractivity contribution in [3.8, 4) is 0 Å². The van der Waals surface area contributed by atoms with Crippen LogP contribution in [0.15, 0.2) is 12.1 Å². The van der Waals surface area contributed by atoms with Gasteiger partial charge < -0.3 is 4.74 Å². The first-order valence-corrected chi connectivity index (χ1v) is 3.59. The van der Waals surface area contributed by atoms with E-state index in [9.17, 15) is 18.0 Å². The number of halogens is 3. The lowest BCUT2D eigenvalue weighted by Gasteiger charge is -2.05. The Bertz CT molecular complexity index is 354. The van der Waals surface area contributed by atoms with Gasteiger partial charge in [0.2, 0.25) is 5.95 Å². The zero-order chi connectivity index (χ0) is 10.7. The first-order chi connectivity index (χ1) is 6.56. The lowest BCUT2D eigenvalue weighted by molar-refractivity contribution is 0.0586. The van der Waals surface area contributed by atoms with E-state index in [-0.39, 0.29) is 0 Å². The average molecular weight is 205 g/mol. The molecule has 3 nitrogen and oxygen atoms in total. The van der Waals surface area contributed by atoms with Gasteiger partial charge in [-0.15, -0.1) is 0 Å². The number of ether oxygens (including phenoxy) is 1. The number of rotatable bonds is 2. The van der Waals surface area contributed by atoms with Crippen molar-refractivity contribution in [1.29, 1.82) is 0 Å². The molecule has 0 fully saturated rings. The maximum Gasteiger partial charge on any atom is 0.339 e. The van der Waals surface area contributed by atoms with Crippen LogP contribution in [0.25, 0.3) is 0 Å². The molecule has 76 valence electrons. The fourth-order valence-electron chi connectivity index (χ4n) is 0.899. The number of pyridine rings is 1. The number of methoxy groups -OCH3 is 1. The maximum atomic E-state index is 12.5. The van der Waals surface area contributed by atoms with Gasteiger partial charge in [-0.2, -0.15) is 4.39 Å². The van der Waals surface area contributed by atoms with Crippen LogP contribution in [0.1, 0.15) is 22.5 Å². The second kappa shape index (κ2) is 4.08. The van der Waals surface area contributed by atoms with Gasteiger partial charge >= 0.3 is 5.97 Å². The Morgan fingerprint density at radius 1 is 1.50 bits per heavy atom. The van der Waals surface area contributed by atoms with E-state index in [1.807, 2.05) is 0 Å². The highest BCUT2D eigenvalue weighted by Crippen LogP contribution is 2.21. The molecule has 0 aromatic carbocycles. The highest BCUT2D eigenvalue weighted by atomic mass is 19.3. The monoisotopic (exact) mass is 205 g/mol. The number of alkyl halides is 2. The van der Waals surface area contributed by atoms with Crippen molar-refractivity contribution in [2.24, 2.45) is 0 Å². The quantitative estimate of drug-likeness (QED) is 0.547. The van der Waals surface area contributed by atoms with Crippen molar-refractivity contribution in [2.75, 3.05) is 7.11 Å². The Labute approximate surface area is 77.5 Å². The summed E-state index contributed by atoms with van der Waals surface area (Å²) in [6, 6.07) is 1.73. The van der Waals surface area contributed by atoms with Crippen LogP contribution in [0.2, 0.25) is 0 Å². The fourth-order valence-corrected chi connectivity index (χ4v) is 0.899. The predicted molar refractivity (Wildman–Crippen MR) is 40.5 cm³/mol. The lowest BCUT2D eigenvalue weighted by atomic mass is 10.2. The molecular formula is C8H6F3NO2. The Morgan fingerprint density at radius 3 is 2.64 bits per heavy atom. The van der Waals surface area contributed by atoms with E-state index in [0.29, 0.717) is 0 Å². The first-order valence-electron chi connectivity index (χ1n) is 3.59. The predicted octanol–water partition coefficient (Wildman–Crippen LogP) is 1.94. The molecule has 0 N–H and O–H groups in total. The summed E-state index contributed by atoms with van der Waals surface area (Å²) >= 11 is 0. The molecule has 1 aromatic rings. The third kappa shape index (κ3) is 2.01. The van der Waals surface area contributed by atoms with Crippen molar-refractivity contribution in [1.82, 2.24) is 4.98 Å². The van der Waals surface area contributed by atoms with Gasteiger partial charge in [-0.05, 0) is 12.1 Å². The van der Waals surface area contributed by atoms with Crippen molar-refractivity contribution < 1.29 is 22.7 Å². The third-order valence-electron chi connectivity index (χ3n) is 1.50. The molecule has 0 aliphatic heterocycles. The second-order valence-corrected chi connectivity index (χ2v) is 2.36. The van der Waals surface area contributed by atoms with Crippen molar-refractivity contribution >= 4 is 5.97 Å². The van der Waals surface area contributed by atoms with E-state index in [0.717, 1.165) is 19.2 Å². The van der Waals surface area contributed by atoms with E-state index in [1.54, 1.807) is 0 Å². The Balaban J connectivity index is 3.21. The molecule has 0 unspecified atom stereocenters. The second-order valence-electron chi connectivity index (χ2n) is 2.36. The highest BCUT2D eigenvalue weighted by Gasteiger charge is 2.21. The molecular weight excluding hydrogens is 199 g/mol. The van der Waals surface area contributed by atoms with E-state index < -0.39 is 29.6 Å². The van der Waals surface area contributed by atoms with Gasteiger partial charge in [0.25, 0.3) is 6.43 Å². The number of aromatic nitrogens is 1. The van der Waals surface area contributed by atoms with Gasteiger partial charge in [0.15, 0.2) is 0 Å². The lowest BCUT2D eigenvalue weighted by Crippen LogP contribution is -2.08. The minimum absolute atomic E-state index is 0.427. The minimum Gasteiger partial charge on any atom is -0.465 e. The molecule has 0 amide bonds. The van der Waals surface area contributed by atoms with E-state index in [1.165, 1.54) is 0 Å². The Kier molecular flexibility index (Phi) is 3.06. The van der Waals surface area contributed by atoms with Gasteiger partial charge in [-0.3, -0.25) is 0 Å². The molecule has 0 aliphatic carbocycles. The Morgan fingerprint density at radius 2 is 2.14 bits per heavy atom. The minimum atomic E-state index is -3.01. The van der Waals surface area contributed by atoms with Gasteiger partial charge in [0, 0.05) is 0 Å². The summed E-state index contributed by atoms with van der Waals surface area (Å²) in [5, 5.41) is 0. The molecule has 0 radical (unpaired) electrons. The SMILES string of the molecule is COC(=O)c1ccc(F)nc1C(F)F. The number of carbonyl (C=O) groups is 1. The summed E-state index contributed by atoms with van der Waals surface area (Å²) in [7, 11) is 1.04. The summed E-state index contributed by atoms with van der Waals surface area (Å²) < 4.78 is 41.2. The van der Waals surface area contributed by atoms with E-state index in [4.69, 9.17) is 0 Å². The van der Waals surface area contributed by atoms with Crippen LogP contribution in [-0.4, -0.2) is 18.1 Å². The van der Waals surface area contributed by atoms with Gasteiger partial charge in [-0.25, -0.2) is 18.6 Å². The summed E-state index contributed by atoms with van der Waals surface area (Å²) in [4.78, 5) is 13.9. The van der Waals surface area contributed by atoms with Crippen molar-refractivity contribution in [3.05, 3.63) is 29.3 Å². The third-order valence-corrected chi connectivity index (χ3v) is 1.50. The van der Waals surface area contributed by atoms with Gasteiger partial charge in [0.05, 0.1) is 12.7 Å². The van der Waals surface area contributed by atoms with E-state index >= 15 is 0 Å². The van der Waals surface area contributed by atoms with Crippen LogP contribution in [0, 0.1) is 5.95 Å². The standard InChI is InChI=1S/C8H6F3NO2/c1-14-8(13)4-2-3-5(9)12-6(4)7(10)11/h2-3,7H,1H3. The highest BCUT2D eigenvalue weighted by molar-refractivity contribution is 5.90. The van der Waals surface area contributed by atoms with Crippen LogP contribution >= 0.6 is 0 Å². The smallest absolute Gasteiger partial charge is 0.339 e. The zero-order valence-corrected chi connectivity index (χ0v) is 7.13. The number of esters is 1. The van der Waals surface area contributed by atoms with Gasteiger partial charge in [-0.1, -0.05) is 0 Å². The summed E-state index contributed by atoms with van der Waals surface area (Å²) in [5.74, 6) is -2.03. The van der Waals surface area contributed by atoms with Crippen LogP contribution in [0.3, 0.4) is 0 Å². The number of carbonyl (C=O) groups excluding carboxylic acids is 1. The van der Waals surface area contributed by atoms with Crippen LogP contribution in [-0.2, 0) is 4.74 Å². The number of hydrogen-bond donors (Lipinski definition) is 0. The summed E-state index contributed by atoms with van der Waals surface area (Å²) in [6.45, 7) is 0. The maximum absolute atomic E-state index is 12.5. The van der Waals surface area contributed by atoms with Crippen molar-refractivity contribution in [2.45, 2.75) is 6.43 Å². The topological polar surface area (TPSA) is 39.2 Å². The van der Waals surface area contributed by atoms with Crippen LogP contribution in [0.4, 0.5) is 13.2 Å². The molecule has 6 heteroatoms.